The van der Waals surface area contributed by atoms with Crippen LogP contribution in [0.3, 0.4) is 0 Å². The fraction of sp³-hybridized carbons (Fsp3) is 0.500. The fourth-order valence-corrected chi connectivity index (χ4v) is 2.87. The lowest BCUT2D eigenvalue weighted by molar-refractivity contribution is -0.140. The number of alkyl halides is 3. The third kappa shape index (κ3) is 5.21. The highest BCUT2D eigenvalue weighted by atomic mass is 32.2. The van der Waals surface area contributed by atoms with Gasteiger partial charge in [-0.05, 0) is 24.6 Å². The Hall–Kier alpha value is -1.61. The van der Waals surface area contributed by atoms with E-state index in [2.05, 4.69) is 0 Å². The number of hydrogen-bond acceptors (Lipinski definition) is 3. The lowest BCUT2D eigenvalue weighted by atomic mass is 10.2. The molecule has 0 aliphatic heterocycles. The van der Waals surface area contributed by atoms with Gasteiger partial charge in [-0.1, -0.05) is 13.0 Å². The molecule has 9 heteroatoms. The first-order valence-electron chi connectivity index (χ1n) is 6.87. The van der Waals surface area contributed by atoms with Crippen LogP contribution in [0.1, 0.15) is 23.7 Å². The summed E-state index contributed by atoms with van der Waals surface area (Å²) in [4.78, 5) is 12.8. The molecule has 0 aromatic heterocycles. The van der Waals surface area contributed by atoms with Gasteiger partial charge in [0, 0.05) is 26.2 Å². The molecule has 0 heterocycles. The van der Waals surface area contributed by atoms with Crippen LogP contribution in [0.25, 0.3) is 0 Å². The molecular weight excluding hydrogens is 333 g/mol. The van der Waals surface area contributed by atoms with Crippen molar-refractivity contribution in [2.24, 2.45) is 0 Å². The first-order chi connectivity index (χ1) is 10.5. The Balaban J connectivity index is 3.16. The molecule has 5 nitrogen and oxygen atoms in total. The molecule has 0 aliphatic carbocycles. The highest BCUT2D eigenvalue weighted by Gasteiger charge is 2.33. The van der Waals surface area contributed by atoms with Gasteiger partial charge in [0.1, 0.15) is 6.54 Å². The molecule has 130 valence electrons. The number of carbonyl (C=O) groups is 1. The van der Waals surface area contributed by atoms with Gasteiger partial charge >= 0.3 is 6.18 Å². The van der Waals surface area contributed by atoms with Crippen molar-refractivity contribution in [1.82, 2.24) is 9.21 Å². The first kappa shape index (κ1) is 19.4. The number of hydrogen-bond donors (Lipinski definition) is 0. The summed E-state index contributed by atoms with van der Waals surface area (Å²) >= 11 is 0. The van der Waals surface area contributed by atoms with Gasteiger partial charge in [-0.2, -0.15) is 13.2 Å². The first-order valence-corrected chi connectivity index (χ1v) is 8.31. The Labute approximate surface area is 133 Å². The molecule has 0 atom stereocenters. The Bertz CT molecular complexity index is 657. The lowest BCUT2D eigenvalue weighted by Crippen LogP contribution is -2.39. The molecule has 0 radical (unpaired) electrons. The second-order valence-corrected chi connectivity index (χ2v) is 7.31. The highest BCUT2D eigenvalue weighted by molar-refractivity contribution is 7.89. The summed E-state index contributed by atoms with van der Waals surface area (Å²) < 4.78 is 62.8. The van der Waals surface area contributed by atoms with E-state index in [9.17, 15) is 26.4 Å². The standard InChI is InChI=1S/C14H19F3N2O3S/c1-4-8-19(10-14(15,16)17)13(20)11-6-5-7-12(9-11)23(21,22)18(2)3/h5-7,9H,4,8,10H2,1-3H3. The summed E-state index contributed by atoms with van der Waals surface area (Å²) in [5.74, 6) is -0.847. The molecule has 0 aliphatic rings. The van der Waals surface area contributed by atoms with Crippen LogP contribution in [-0.4, -0.2) is 56.9 Å². The monoisotopic (exact) mass is 352 g/mol. The minimum Gasteiger partial charge on any atom is -0.330 e. The van der Waals surface area contributed by atoms with Crippen molar-refractivity contribution in [1.29, 1.82) is 0 Å². The predicted molar refractivity (Wildman–Crippen MR) is 79.6 cm³/mol. The maximum Gasteiger partial charge on any atom is 0.406 e. The zero-order valence-corrected chi connectivity index (χ0v) is 13.9. The molecule has 0 saturated heterocycles. The normalized spacial score (nSPS) is 12.5. The quantitative estimate of drug-likeness (QED) is 0.790. The van der Waals surface area contributed by atoms with Gasteiger partial charge in [0.15, 0.2) is 0 Å². The van der Waals surface area contributed by atoms with E-state index in [4.69, 9.17) is 0 Å². The molecule has 1 rings (SSSR count). The topological polar surface area (TPSA) is 57.7 Å². The third-order valence-corrected chi connectivity index (χ3v) is 4.82. The van der Waals surface area contributed by atoms with Crippen LogP contribution >= 0.6 is 0 Å². The molecule has 0 saturated carbocycles. The van der Waals surface area contributed by atoms with Gasteiger partial charge < -0.3 is 4.90 Å². The van der Waals surface area contributed by atoms with Gasteiger partial charge in [-0.25, -0.2) is 12.7 Å². The fourth-order valence-electron chi connectivity index (χ4n) is 1.92. The number of benzene rings is 1. The summed E-state index contributed by atoms with van der Waals surface area (Å²) in [6.07, 6.45) is -4.16. The lowest BCUT2D eigenvalue weighted by Gasteiger charge is -2.23. The largest absolute Gasteiger partial charge is 0.406 e. The van der Waals surface area contributed by atoms with Crippen molar-refractivity contribution < 1.29 is 26.4 Å². The molecule has 23 heavy (non-hydrogen) atoms. The van der Waals surface area contributed by atoms with Gasteiger partial charge in [0.2, 0.25) is 10.0 Å². The number of halogens is 3. The third-order valence-electron chi connectivity index (χ3n) is 3.01. The van der Waals surface area contributed by atoms with Crippen molar-refractivity contribution in [2.75, 3.05) is 27.2 Å². The minimum absolute atomic E-state index is 0.0665. The molecule has 0 spiro atoms. The van der Waals surface area contributed by atoms with Crippen LogP contribution in [0.15, 0.2) is 29.2 Å². The number of amides is 1. The Morgan fingerprint density at radius 3 is 2.30 bits per heavy atom. The van der Waals surface area contributed by atoms with Crippen molar-refractivity contribution >= 4 is 15.9 Å². The van der Waals surface area contributed by atoms with E-state index < -0.39 is 28.7 Å². The predicted octanol–water partition coefficient (Wildman–Crippen LogP) is 2.35. The van der Waals surface area contributed by atoms with Crippen LogP contribution in [0.5, 0.6) is 0 Å². The van der Waals surface area contributed by atoms with E-state index in [0.717, 1.165) is 10.4 Å². The maximum atomic E-state index is 12.6. The molecule has 0 N–H and O–H groups in total. The van der Waals surface area contributed by atoms with Crippen LogP contribution in [0, 0.1) is 0 Å². The molecular formula is C14H19F3N2O3S. The Morgan fingerprint density at radius 1 is 1.22 bits per heavy atom. The maximum absolute atomic E-state index is 12.6. The van der Waals surface area contributed by atoms with Crippen LogP contribution in [0.2, 0.25) is 0 Å². The van der Waals surface area contributed by atoms with Gasteiger partial charge in [0.25, 0.3) is 5.91 Å². The number of nitrogens with zero attached hydrogens (tertiary/aromatic N) is 2. The molecule has 1 aromatic rings. The summed E-state index contributed by atoms with van der Waals surface area (Å²) in [5.41, 5.74) is -0.0920. The van der Waals surface area contributed by atoms with Crippen molar-refractivity contribution in [3.8, 4) is 0 Å². The van der Waals surface area contributed by atoms with E-state index in [1.807, 2.05) is 0 Å². The van der Waals surface area contributed by atoms with E-state index in [-0.39, 0.29) is 17.0 Å². The summed E-state index contributed by atoms with van der Waals surface area (Å²) in [7, 11) is -1.11. The average molecular weight is 352 g/mol. The zero-order chi connectivity index (χ0) is 17.8. The summed E-state index contributed by atoms with van der Waals surface area (Å²) in [5, 5.41) is 0. The highest BCUT2D eigenvalue weighted by Crippen LogP contribution is 2.20. The Kier molecular flexibility index (Phi) is 6.18. The summed E-state index contributed by atoms with van der Waals surface area (Å²) in [6, 6.07) is 5.02. The molecule has 1 aromatic carbocycles. The molecule has 0 fully saturated rings. The zero-order valence-electron chi connectivity index (χ0n) is 13.1. The summed E-state index contributed by atoms with van der Waals surface area (Å²) in [6.45, 7) is 0.219. The van der Waals surface area contributed by atoms with Gasteiger partial charge in [-0.3, -0.25) is 4.79 Å². The van der Waals surface area contributed by atoms with E-state index in [0.29, 0.717) is 11.3 Å². The second-order valence-electron chi connectivity index (χ2n) is 5.16. The van der Waals surface area contributed by atoms with E-state index in [1.54, 1.807) is 6.92 Å². The molecule has 0 bridgehead atoms. The van der Waals surface area contributed by atoms with Crippen molar-refractivity contribution in [3.63, 3.8) is 0 Å². The van der Waals surface area contributed by atoms with Crippen LogP contribution in [-0.2, 0) is 10.0 Å². The van der Waals surface area contributed by atoms with E-state index >= 15 is 0 Å². The number of carbonyl (C=O) groups excluding carboxylic acids is 1. The van der Waals surface area contributed by atoms with Gasteiger partial charge in [-0.15, -0.1) is 0 Å². The van der Waals surface area contributed by atoms with E-state index in [1.165, 1.54) is 32.3 Å². The molecule has 1 amide bonds. The second kappa shape index (κ2) is 7.31. The van der Waals surface area contributed by atoms with Gasteiger partial charge in [0.05, 0.1) is 4.90 Å². The van der Waals surface area contributed by atoms with Crippen LogP contribution < -0.4 is 0 Å². The molecule has 0 unspecified atom stereocenters. The van der Waals surface area contributed by atoms with Crippen LogP contribution in [0.4, 0.5) is 13.2 Å². The van der Waals surface area contributed by atoms with Crippen molar-refractivity contribution in [3.05, 3.63) is 29.8 Å². The van der Waals surface area contributed by atoms with Crippen molar-refractivity contribution in [2.45, 2.75) is 24.4 Å². The Morgan fingerprint density at radius 2 is 1.83 bits per heavy atom. The minimum atomic E-state index is -4.52. The SMILES string of the molecule is CCCN(CC(F)(F)F)C(=O)c1cccc(S(=O)(=O)N(C)C)c1. The number of rotatable bonds is 6. The smallest absolute Gasteiger partial charge is 0.330 e. The average Bonchev–Trinajstić information content (AvgIpc) is 2.44. The number of sulfonamides is 1.